The Balaban J connectivity index is 1.37. The molecule has 0 spiro atoms. The number of amidine groups is 1. The minimum atomic E-state index is -1.07. The van der Waals surface area contributed by atoms with Gasteiger partial charge in [-0.05, 0) is 64.6 Å². The quantitative estimate of drug-likeness (QED) is 0.0539. The first-order chi connectivity index (χ1) is 24.5. The molecule has 264 valence electrons. The molecule has 2 aromatic heterocycles. The number of aromatic hydroxyl groups is 5. The Morgan fingerprint density at radius 3 is 1.75 bits per heavy atom. The molecule has 7 rings (SSSR count). The van der Waals surface area contributed by atoms with E-state index in [4.69, 9.17) is 9.98 Å². The van der Waals surface area contributed by atoms with E-state index in [-0.39, 0.29) is 27.8 Å². The second kappa shape index (κ2) is 11.7. The molecule has 2 heterocycles. The summed E-state index contributed by atoms with van der Waals surface area (Å²) in [5.41, 5.74) is 5.98. The standard InChI is InChI=1S/C43H42N4O5/c1-23(34-35(48)37(50)39(52)38(51)36(34)49)45-40(46-24(2)47-32-15-11-9-13-27(32)28-14-10-12-16-33(28)47)26-18-20-31(44-22-26)25-17-19-29-30(21-25)42(5,6)43(7,8)41(29,3)4/h9-22,48-52H,1H2,2-8H3/b45-40-,46-24+. The van der Waals surface area contributed by atoms with Crippen molar-refractivity contribution in [3.63, 3.8) is 0 Å². The largest absolute Gasteiger partial charge is 0.504 e. The highest BCUT2D eigenvalue weighted by molar-refractivity contribution is 6.16. The van der Waals surface area contributed by atoms with Gasteiger partial charge in [-0.3, -0.25) is 9.55 Å². The Bertz CT molecular complexity index is 2440. The van der Waals surface area contributed by atoms with Gasteiger partial charge in [0.15, 0.2) is 17.3 Å². The topological polar surface area (TPSA) is 144 Å². The minimum Gasteiger partial charge on any atom is -0.504 e. The Hall–Kier alpha value is -6.09. The number of pyridine rings is 1. The van der Waals surface area contributed by atoms with Gasteiger partial charge in [0, 0.05) is 28.1 Å². The van der Waals surface area contributed by atoms with Crippen LogP contribution in [0.3, 0.4) is 0 Å². The fraction of sp³-hybridized carbons (Fsp3) is 0.233. The molecule has 1 aliphatic rings. The van der Waals surface area contributed by atoms with Crippen LogP contribution in [0.2, 0.25) is 0 Å². The molecule has 0 amide bonds. The maximum atomic E-state index is 10.7. The molecule has 0 radical (unpaired) electrons. The van der Waals surface area contributed by atoms with Crippen LogP contribution in [0.5, 0.6) is 28.7 Å². The summed E-state index contributed by atoms with van der Waals surface area (Å²) in [5.74, 6) is -4.23. The molecule has 0 bridgehead atoms. The Morgan fingerprint density at radius 1 is 0.654 bits per heavy atom. The number of aromatic nitrogens is 2. The summed E-state index contributed by atoms with van der Waals surface area (Å²) < 4.78 is 2.02. The molecule has 0 atom stereocenters. The number of hydrogen-bond donors (Lipinski definition) is 5. The van der Waals surface area contributed by atoms with Crippen LogP contribution in [0.1, 0.15) is 70.7 Å². The maximum Gasteiger partial charge on any atom is 0.208 e. The van der Waals surface area contributed by atoms with Crippen molar-refractivity contribution in [2.45, 2.75) is 59.3 Å². The molecule has 0 aliphatic heterocycles. The fourth-order valence-electron chi connectivity index (χ4n) is 7.69. The van der Waals surface area contributed by atoms with E-state index in [1.165, 1.54) is 11.1 Å². The van der Waals surface area contributed by atoms with Gasteiger partial charge in [0.05, 0.1) is 28.0 Å². The molecule has 0 saturated heterocycles. The van der Waals surface area contributed by atoms with E-state index in [0.29, 0.717) is 11.4 Å². The molecule has 0 unspecified atom stereocenters. The Morgan fingerprint density at radius 2 is 1.19 bits per heavy atom. The van der Waals surface area contributed by atoms with Gasteiger partial charge in [-0.1, -0.05) is 96.7 Å². The van der Waals surface area contributed by atoms with E-state index >= 15 is 0 Å². The summed E-state index contributed by atoms with van der Waals surface area (Å²) in [4.78, 5) is 14.4. The smallest absolute Gasteiger partial charge is 0.208 e. The summed E-state index contributed by atoms with van der Waals surface area (Å²) in [6.07, 6.45) is 1.65. The molecule has 4 aromatic carbocycles. The van der Waals surface area contributed by atoms with Crippen LogP contribution in [0.25, 0.3) is 38.8 Å². The normalized spacial score (nSPS) is 16.4. The van der Waals surface area contributed by atoms with Crippen molar-refractivity contribution in [2.75, 3.05) is 0 Å². The summed E-state index contributed by atoms with van der Waals surface area (Å²) in [7, 11) is 0. The molecule has 5 N–H and O–H groups in total. The van der Waals surface area contributed by atoms with E-state index < -0.39 is 34.3 Å². The van der Waals surface area contributed by atoms with Gasteiger partial charge in [0.25, 0.3) is 0 Å². The molecule has 52 heavy (non-hydrogen) atoms. The third kappa shape index (κ3) is 4.87. The Kier molecular flexibility index (Phi) is 7.75. The lowest BCUT2D eigenvalue weighted by Crippen LogP contribution is -2.42. The molecule has 0 fully saturated rings. The maximum absolute atomic E-state index is 10.7. The van der Waals surface area contributed by atoms with Crippen LogP contribution < -0.4 is 0 Å². The number of hydrogen-bond acceptors (Lipinski definition) is 7. The first-order valence-electron chi connectivity index (χ1n) is 17.1. The highest BCUT2D eigenvalue weighted by atomic mass is 16.4. The van der Waals surface area contributed by atoms with Crippen molar-refractivity contribution >= 4 is 39.2 Å². The van der Waals surface area contributed by atoms with E-state index in [1.807, 2.05) is 60.0 Å². The van der Waals surface area contributed by atoms with E-state index in [9.17, 15) is 25.5 Å². The number of fused-ring (bicyclic) bond motifs is 4. The van der Waals surface area contributed by atoms with Crippen LogP contribution in [-0.4, -0.2) is 46.8 Å². The monoisotopic (exact) mass is 694 g/mol. The van der Waals surface area contributed by atoms with Gasteiger partial charge in [0.2, 0.25) is 17.2 Å². The van der Waals surface area contributed by atoms with Gasteiger partial charge in [0.1, 0.15) is 5.84 Å². The predicted molar refractivity (Wildman–Crippen MR) is 208 cm³/mol. The first kappa shape index (κ1) is 34.4. The molecular weight excluding hydrogens is 652 g/mol. The van der Waals surface area contributed by atoms with Crippen LogP contribution >= 0.6 is 0 Å². The number of benzene rings is 4. The molecular formula is C43H42N4O5. The lowest BCUT2D eigenvalue weighted by molar-refractivity contribution is 0.125. The average molecular weight is 695 g/mol. The van der Waals surface area contributed by atoms with Crippen molar-refractivity contribution in [1.82, 2.24) is 9.55 Å². The third-order valence-corrected chi connectivity index (χ3v) is 11.9. The van der Waals surface area contributed by atoms with Gasteiger partial charge in [-0.2, -0.15) is 0 Å². The van der Waals surface area contributed by atoms with Gasteiger partial charge in [-0.25, -0.2) is 9.98 Å². The van der Waals surface area contributed by atoms with Gasteiger partial charge >= 0.3 is 0 Å². The predicted octanol–water partition coefficient (Wildman–Crippen LogP) is 9.36. The highest BCUT2D eigenvalue weighted by Gasteiger charge is 2.56. The number of phenols is 5. The Labute approximate surface area is 302 Å². The van der Waals surface area contributed by atoms with E-state index in [2.05, 4.69) is 83.4 Å². The second-order valence-corrected chi connectivity index (χ2v) is 15.1. The van der Waals surface area contributed by atoms with Crippen molar-refractivity contribution in [3.8, 4) is 40.0 Å². The molecule has 6 aromatic rings. The zero-order valence-corrected chi connectivity index (χ0v) is 30.3. The first-order valence-corrected chi connectivity index (χ1v) is 17.1. The molecule has 1 aliphatic carbocycles. The summed E-state index contributed by atoms with van der Waals surface area (Å²) in [5, 5.41) is 53.9. The summed E-state index contributed by atoms with van der Waals surface area (Å²) >= 11 is 0. The van der Waals surface area contributed by atoms with E-state index in [0.717, 1.165) is 33.1 Å². The third-order valence-electron chi connectivity index (χ3n) is 11.9. The van der Waals surface area contributed by atoms with Crippen molar-refractivity contribution < 1.29 is 25.5 Å². The molecule has 9 nitrogen and oxygen atoms in total. The number of para-hydroxylation sites is 2. The van der Waals surface area contributed by atoms with Crippen molar-refractivity contribution in [2.24, 2.45) is 15.4 Å². The minimum absolute atomic E-state index is 0.0183. The SMILES string of the molecule is C=C(/N=C(\N=C(/C)n1c2ccccc2c2ccccc21)c1ccc(-c2ccc3c(c2)C(C)(C)C(C)(C)C3(C)C)nc1)c1c(O)c(O)c(O)c(O)c1O. The molecule has 0 saturated carbocycles. The van der Waals surface area contributed by atoms with Crippen LogP contribution in [0.15, 0.2) is 102 Å². The zero-order chi connectivity index (χ0) is 37.5. The highest BCUT2D eigenvalue weighted by Crippen LogP contribution is 2.61. The van der Waals surface area contributed by atoms with Crippen molar-refractivity contribution in [3.05, 3.63) is 114 Å². The lowest BCUT2D eigenvalue weighted by Gasteiger charge is -2.44. The number of aliphatic imine (C=N–C) groups is 2. The average Bonchev–Trinajstić information content (AvgIpc) is 3.51. The summed E-state index contributed by atoms with van der Waals surface area (Å²) in [6, 6.07) is 26.3. The van der Waals surface area contributed by atoms with Crippen LogP contribution in [0.4, 0.5) is 0 Å². The molecule has 9 heteroatoms. The van der Waals surface area contributed by atoms with Crippen LogP contribution in [0, 0.1) is 5.41 Å². The van der Waals surface area contributed by atoms with E-state index in [1.54, 1.807) is 6.20 Å². The number of phenolic OH excluding ortho intramolecular Hbond substituents is 5. The van der Waals surface area contributed by atoms with Gasteiger partial charge < -0.3 is 25.5 Å². The fourth-order valence-corrected chi connectivity index (χ4v) is 7.69. The summed E-state index contributed by atoms with van der Waals surface area (Å²) in [6.45, 7) is 19.7. The lowest BCUT2D eigenvalue weighted by atomic mass is 9.59. The zero-order valence-electron chi connectivity index (χ0n) is 30.3. The van der Waals surface area contributed by atoms with Crippen LogP contribution in [-0.2, 0) is 10.8 Å². The van der Waals surface area contributed by atoms with Crippen molar-refractivity contribution in [1.29, 1.82) is 0 Å². The second-order valence-electron chi connectivity index (χ2n) is 15.1. The number of rotatable bonds is 4. The van der Waals surface area contributed by atoms with Gasteiger partial charge in [-0.15, -0.1) is 0 Å². The number of nitrogens with zero attached hydrogens (tertiary/aromatic N) is 4.